The van der Waals surface area contributed by atoms with Gasteiger partial charge in [0.05, 0.1) is 6.10 Å². The van der Waals surface area contributed by atoms with Crippen LogP contribution in [0.25, 0.3) is 0 Å². The monoisotopic (exact) mass is 169 g/mol. The van der Waals surface area contributed by atoms with Crippen LogP contribution >= 0.6 is 12.6 Å². The average molecular weight is 169 g/mol. The first-order valence-electron chi connectivity index (χ1n) is 2.44. The van der Waals surface area contributed by atoms with E-state index in [1.807, 2.05) is 0 Å². The highest BCUT2D eigenvalue weighted by atomic mass is 32.1. The lowest BCUT2D eigenvalue weighted by Crippen LogP contribution is -2.30. The lowest BCUT2D eigenvalue weighted by molar-refractivity contribution is 0.0499. The Morgan fingerprint density at radius 3 is 2.33 bits per heavy atom. The molecule has 0 rings (SSSR count). The van der Waals surface area contributed by atoms with Gasteiger partial charge in [-0.1, -0.05) is 0 Å². The maximum Gasteiger partial charge on any atom is 0.461 e. The molecular formula is C4H9O3S2+. The van der Waals surface area contributed by atoms with Gasteiger partial charge in [0, 0.05) is 9.96 Å². The summed E-state index contributed by atoms with van der Waals surface area (Å²) in [6.45, 7) is 0. The summed E-state index contributed by atoms with van der Waals surface area (Å²) in [5, 5.41) is 17.6. The second-order valence-corrected chi connectivity index (χ2v) is 2.54. The van der Waals surface area contributed by atoms with Gasteiger partial charge in [-0.15, -0.1) is 0 Å². The van der Waals surface area contributed by atoms with Crippen LogP contribution in [-0.4, -0.2) is 33.9 Å². The number of hydrogen-bond donors (Lipinski definition) is 3. The van der Waals surface area contributed by atoms with Crippen molar-refractivity contribution in [2.45, 2.75) is 12.2 Å². The summed E-state index contributed by atoms with van der Waals surface area (Å²) in [7, 11) is 0. The average Bonchev–Trinajstić information content (AvgIpc) is 1.87. The summed E-state index contributed by atoms with van der Waals surface area (Å²) in [6, 6.07) is 0. The van der Waals surface area contributed by atoms with Gasteiger partial charge in [0.25, 0.3) is 5.75 Å². The standard InChI is InChI=1S/C4H8O3S2/c5-3(1-8)4(6)2-9-7/h3-6H,1-2H2/p+1/t3-,4-/m1/s1. The van der Waals surface area contributed by atoms with E-state index in [-0.39, 0.29) is 23.2 Å². The summed E-state index contributed by atoms with van der Waals surface area (Å²) in [6.07, 6.45) is -1.82. The summed E-state index contributed by atoms with van der Waals surface area (Å²) in [5.74, 6) is 0.198. The van der Waals surface area contributed by atoms with Gasteiger partial charge in [-0.05, 0) is 0 Å². The molecule has 3 nitrogen and oxygen atoms in total. The summed E-state index contributed by atoms with van der Waals surface area (Å²) >= 11 is 3.99. The van der Waals surface area contributed by atoms with Crippen molar-refractivity contribution in [3.8, 4) is 0 Å². The minimum Gasteiger partial charge on any atom is -0.389 e. The van der Waals surface area contributed by atoms with Gasteiger partial charge in [-0.3, -0.25) is 0 Å². The van der Waals surface area contributed by atoms with Crippen LogP contribution in [0.2, 0.25) is 0 Å². The van der Waals surface area contributed by atoms with Crippen molar-refractivity contribution >= 4 is 24.3 Å². The molecular weight excluding hydrogens is 160 g/mol. The van der Waals surface area contributed by atoms with Crippen LogP contribution < -0.4 is 0 Å². The number of thiol groups is 1. The minimum absolute atomic E-state index is 0.0156. The maximum atomic E-state index is 9.78. The molecule has 0 fully saturated rings. The lowest BCUT2D eigenvalue weighted by atomic mass is 10.3. The van der Waals surface area contributed by atoms with E-state index >= 15 is 0 Å². The molecule has 5 heteroatoms. The third-order valence-corrected chi connectivity index (χ3v) is 1.72. The first-order chi connectivity index (χ1) is 4.22. The normalized spacial score (nSPS) is 16.8. The predicted octanol–water partition coefficient (Wildman–Crippen LogP) is -0.934. The van der Waals surface area contributed by atoms with E-state index in [9.17, 15) is 4.21 Å². The van der Waals surface area contributed by atoms with E-state index in [2.05, 4.69) is 12.6 Å². The van der Waals surface area contributed by atoms with E-state index in [0.29, 0.717) is 0 Å². The van der Waals surface area contributed by atoms with Crippen LogP contribution in [0.4, 0.5) is 0 Å². The molecule has 0 aromatic heterocycles. The molecule has 0 heterocycles. The fraction of sp³-hybridized carbons (Fsp3) is 1.00. The van der Waals surface area contributed by atoms with Crippen molar-refractivity contribution in [3.63, 3.8) is 0 Å². The van der Waals surface area contributed by atoms with Crippen LogP contribution in [0, 0.1) is 0 Å². The van der Waals surface area contributed by atoms with E-state index in [1.165, 1.54) is 0 Å². The Balaban J connectivity index is 3.44. The third-order valence-electron chi connectivity index (χ3n) is 0.870. The summed E-state index contributed by atoms with van der Waals surface area (Å²) in [5.41, 5.74) is 0. The Labute approximate surface area is 63.0 Å². The molecule has 0 amide bonds. The van der Waals surface area contributed by atoms with Crippen molar-refractivity contribution < 1.29 is 14.4 Å². The van der Waals surface area contributed by atoms with Gasteiger partial charge < -0.3 is 10.2 Å². The van der Waals surface area contributed by atoms with Crippen molar-refractivity contribution in [2.75, 3.05) is 11.5 Å². The largest absolute Gasteiger partial charge is 0.461 e. The molecule has 0 saturated heterocycles. The molecule has 0 radical (unpaired) electrons. The zero-order valence-corrected chi connectivity index (χ0v) is 6.44. The zero-order valence-electron chi connectivity index (χ0n) is 4.73. The molecule has 2 N–H and O–H groups in total. The van der Waals surface area contributed by atoms with Crippen molar-refractivity contribution in [1.29, 1.82) is 0 Å². The maximum absolute atomic E-state index is 9.78. The first kappa shape index (κ1) is 9.29. The molecule has 0 aliphatic heterocycles. The van der Waals surface area contributed by atoms with Crippen LogP contribution in [0.5, 0.6) is 0 Å². The Hall–Kier alpha value is 0.290. The number of aliphatic hydroxyl groups excluding tert-OH is 2. The second-order valence-electron chi connectivity index (χ2n) is 1.60. The van der Waals surface area contributed by atoms with E-state index in [0.717, 1.165) is 0 Å². The highest BCUT2D eigenvalue weighted by Gasteiger charge is 2.20. The fourth-order valence-electron chi connectivity index (χ4n) is 0.302. The highest BCUT2D eigenvalue weighted by Crippen LogP contribution is 1.94. The zero-order chi connectivity index (χ0) is 7.28. The molecule has 0 saturated carbocycles. The van der Waals surface area contributed by atoms with Crippen LogP contribution in [0.3, 0.4) is 0 Å². The van der Waals surface area contributed by atoms with Crippen molar-refractivity contribution in [3.05, 3.63) is 0 Å². The fourth-order valence-corrected chi connectivity index (χ4v) is 0.907. The predicted molar refractivity (Wildman–Crippen MR) is 38.8 cm³/mol. The molecule has 0 aliphatic carbocycles. The third kappa shape index (κ3) is 3.80. The Kier molecular flexibility index (Phi) is 5.27. The number of rotatable bonds is 4. The second kappa shape index (κ2) is 5.10. The van der Waals surface area contributed by atoms with Gasteiger partial charge in [0.15, 0.2) is 0 Å². The Morgan fingerprint density at radius 2 is 2.00 bits per heavy atom. The van der Waals surface area contributed by atoms with Crippen molar-refractivity contribution in [1.82, 2.24) is 0 Å². The molecule has 0 spiro atoms. The van der Waals surface area contributed by atoms with Gasteiger partial charge in [0.1, 0.15) is 6.10 Å². The van der Waals surface area contributed by atoms with Gasteiger partial charge in [0.2, 0.25) is 0 Å². The Morgan fingerprint density at radius 1 is 1.44 bits per heavy atom. The highest BCUT2D eigenvalue weighted by molar-refractivity contribution is 7.80. The van der Waals surface area contributed by atoms with Gasteiger partial charge in [-0.2, -0.15) is 12.6 Å². The quantitative estimate of drug-likeness (QED) is 0.376. The lowest BCUT2D eigenvalue weighted by Gasteiger charge is -2.07. The molecule has 0 aromatic carbocycles. The first-order valence-corrected chi connectivity index (χ1v) is 3.98. The molecule has 0 bridgehead atoms. The van der Waals surface area contributed by atoms with E-state index < -0.39 is 12.2 Å². The Bertz CT molecular complexity index is 87.9. The molecule has 0 aliphatic rings. The van der Waals surface area contributed by atoms with Crippen LogP contribution in [0.1, 0.15) is 0 Å². The topological polar surface area (TPSA) is 57.5 Å². The molecule has 54 valence electrons. The SMILES string of the molecule is O=[S+]C[C@@H](O)[C@H](O)CS. The number of hydrogen-bond acceptors (Lipinski definition) is 4. The van der Waals surface area contributed by atoms with Crippen molar-refractivity contribution in [2.24, 2.45) is 0 Å². The molecule has 2 atom stereocenters. The van der Waals surface area contributed by atoms with E-state index in [4.69, 9.17) is 10.2 Å². The molecule has 0 aromatic rings. The molecule has 0 unspecified atom stereocenters. The minimum atomic E-state index is -0.940. The van der Waals surface area contributed by atoms with Gasteiger partial charge in [-0.25, -0.2) is 0 Å². The van der Waals surface area contributed by atoms with Crippen LogP contribution in [-0.2, 0) is 15.9 Å². The molecule has 9 heavy (non-hydrogen) atoms. The summed E-state index contributed by atoms with van der Waals surface area (Å²) < 4.78 is 9.78. The number of aliphatic hydroxyl groups is 2. The smallest absolute Gasteiger partial charge is 0.389 e. The van der Waals surface area contributed by atoms with E-state index in [1.54, 1.807) is 0 Å². The van der Waals surface area contributed by atoms with Gasteiger partial charge >= 0.3 is 11.7 Å². The summed E-state index contributed by atoms with van der Waals surface area (Å²) in [4.78, 5) is 0. The van der Waals surface area contributed by atoms with Crippen LogP contribution in [0.15, 0.2) is 0 Å².